The number of nitrogens with one attached hydrogen (secondary N) is 1. The zero-order chi connectivity index (χ0) is 21.7. The molecule has 1 aliphatic rings. The van der Waals surface area contributed by atoms with E-state index in [1.807, 2.05) is 12.1 Å². The second-order valence-corrected chi connectivity index (χ2v) is 11.3. The number of aromatic nitrogens is 2. The standard InChI is InChI=1S/C21H29N3O4S2/c1-3-4-5-8-12-24-20(26)17-9-6-7-10-18(17)23-21(24)29-15(2)19(25)22-16-11-13-30(27,28)14-16/h6-7,9-10,15-16H,3-5,8,11-14H2,1-2H3,(H,22,25). The Morgan fingerprint density at radius 1 is 1.30 bits per heavy atom. The van der Waals surface area contributed by atoms with Gasteiger partial charge in [-0.05, 0) is 31.9 Å². The number of hydrogen-bond acceptors (Lipinski definition) is 6. The first-order chi connectivity index (χ1) is 14.3. The first-order valence-electron chi connectivity index (χ1n) is 10.5. The van der Waals surface area contributed by atoms with Crippen LogP contribution in [-0.4, -0.2) is 46.7 Å². The SMILES string of the molecule is CCCCCCn1c(SC(C)C(=O)NC2CCS(=O)(=O)C2)nc2ccccc2c1=O. The van der Waals surface area contributed by atoms with Gasteiger partial charge in [0.05, 0.1) is 27.7 Å². The molecule has 0 spiro atoms. The molecule has 1 aromatic heterocycles. The van der Waals surface area contributed by atoms with Gasteiger partial charge in [-0.1, -0.05) is 50.1 Å². The van der Waals surface area contributed by atoms with Gasteiger partial charge in [0.2, 0.25) is 5.91 Å². The zero-order valence-corrected chi connectivity index (χ0v) is 19.1. The van der Waals surface area contributed by atoms with Crippen molar-refractivity contribution in [2.45, 2.75) is 68.9 Å². The Hall–Kier alpha value is -1.87. The second-order valence-electron chi connectivity index (χ2n) is 7.80. The smallest absolute Gasteiger partial charge is 0.262 e. The minimum Gasteiger partial charge on any atom is -0.351 e. The van der Waals surface area contributed by atoms with Crippen molar-refractivity contribution in [2.75, 3.05) is 11.5 Å². The Kier molecular flexibility index (Phi) is 7.57. The molecule has 9 heteroatoms. The third kappa shape index (κ3) is 5.63. The maximum atomic E-state index is 13.1. The summed E-state index contributed by atoms with van der Waals surface area (Å²) in [5.74, 6) is -0.128. The van der Waals surface area contributed by atoms with Crippen LogP contribution in [-0.2, 0) is 21.2 Å². The van der Waals surface area contributed by atoms with Crippen LogP contribution in [0.5, 0.6) is 0 Å². The molecule has 0 bridgehead atoms. The van der Waals surface area contributed by atoms with Gasteiger partial charge in [0.1, 0.15) is 0 Å². The van der Waals surface area contributed by atoms with E-state index < -0.39 is 15.1 Å². The average molecular weight is 452 g/mol. The zero-order valence-electron chi connectivity index (χ0n) is 17.5. The molecule has 1 fully saturated rings. The molecular formula is C21H29N3O4S2. The molecule has 7 nitrogen and oxygen atoms in total. The highest BCUT2D eigenvalue weighted by molar-refractivity contribution is 8.00. The Balaban J connectivity index is 1.79. The Labute approximate surface area is 181 Å². The van der Waals surface area contributed by atoms with E-state index in [1.165, 1.54) is 11.8 Å². The predicted molar refractivity (Wildman–Crippen MR) is 121 cm³/mol. The number of benzene rings is 1. The number of para-hydroxylation sites is 1. The number of unbranched alkanes of at least 4 members (excludes halogenated alkanes) is 3. The lowest BCUT2D eigenvalue weighted by Gasteiger charge is -2.18. The minimum absolute atomic E-state index is 0.00745. The Bertz CT molecular complexity index is 1070. The van der Waals surface area contributed by atoms with Crippen LogP contribution >= 0.6 is 11.8 Å². The third-order valence-corrected chi connectivity index (χ3v) is 8.15. The van der Waals surface area contributed by atoms with Crippen LogP contribution < -0.4 is 10.9 Å². The van der Waals surface area contributed by atoms with E-state index in [-0.39, 0.29) is 29.0 Å². The van der Waals surface area contributed by atoms with Gasteiger partial charge in [-0.3, -0.25) is 14.2 Å². The number of amides is 1. The normalized spacial score (nSPS) is 19.1. The molecular weight excluding hydrogens is 422 g/mol. The van der Waals surface area contributed by atoms with Crippen molar-refractivity contribution >= 4 is 38.4 Å². The van der Waals surface area contributed by atoms with Crippen LogP contribution in [0.1, 0.15) is 46.0 Å². The van der Waals surface area contributed by atoms with Gasteiger partial charge >= 0.3 is 0 Å². The van der Waals surface area contributed by atoms with E-state index >= 15 is 0 Å². The molecule has 2 aromatic rings. The summed E-state index contributed by atoms with van der Waals surface area (Å²) in [5.41, 5.74) is 0.526. The summed E-state index contributed by atoms with van der Waals surface area (Å²) in [6.45, 7) is 4.46. The number of rotatable bonds is 9. The van der Waals surface area contributed by atoms with Crippen LogP contribution in [0.3, 0.4) is 0 Å². The summed E-state index contributed by atoms with van der Waals surface area (Å²) in [6, 6.07) is 6.90. The van der Waals surface area contributed by atoms with Crippen LogP contribution in [0.4, 0.5) is 0 Å². The summed E-state index contributed by atoms with van der Waals surface area (Å²) in [6.07, 6.45) is 4.58. The van der Waals surface area contributed by atoms with Gasteiger partial charge in [0.15, 0.2) is 15.0 Å². The number of nitrogens with zero attached hydrogens (tertiary/aromatic N) is 2. The van der Waals surface area contributed by atoms with Crippen molar-refractivity contribution in [1.29, 1.82) is 0 Å². The Morgan fingerprint density at radius 3 is 2.77 bits per heavy atom. The lowest BCUT2D eigenvalue weighted by molar-refractivity contribution is -0.120. The van der Waals surface area contributed by atoms with E-state index in [0.717, 1.165) is 25.7 Å². The van der Waals surface area contributed by atoms with Crippen molar-refractivity contribution in [3.05, 3.63) is 34.6 Å². The van der Waals surface area contributed by atoms with E-state index in [4.69, 9.17) is 0 Å². The molecule has 30 heavy (non-hydrogen) atoms. The van der Waals surface area contributed by atoms with E-state index in [1.54, 1.807) is 23.6 Å². The number of carbonyl (C=O) groups is 1. The first-order valence-corrected chi connectivity index (χ1v) is 13.2. The lowest BCUT2D eigenvalue weighted by Crippen LogP contribution is -2.40. The van der Waals surface area contributed by atoms with Gasteiger partial charge in [-0.15, -0.1) is 0 Å². The van der Waals surface area contributed by atoms with Crippen LogP contribution in [0, 0.1) is 0 Å². The van der Waals surface area contributed by atoms with Crippen LogP contribution in [0.2, 0.25) is 0 Å². The van der Waals surface area contributed by atoms with Gasteiger partial charge < -0.3 is 5.32 Å². The van der Waals surface area contributed by atoms with Gasteiger partial charge in [0, 0.05) is 12.6 Å². The molecule has 164 valence electrons. The first kappa shape index (κ1) is 22.8. The van der Waals surface area contributed by atoms with Crippen molar-refractivity contribution in [2.24, 2.45) is 0 Å². The average Bonchev–Trinajstić information content (AvgIpc) is 3.05. The number of carbonyl (C=O) groups excluding carboxylic acids is 1. The van der Waals surface area contributed by atoms with E-state index in [9.17, 15) is 18.0 Å². The number of sulfone groups is 1. The molecule has 1 N–H and O–H groups in total. The van der Waals surface area contributed by atoms with Crippen molar-refractivity contribution in [3.8, 4) is 0 Å². The van der Waals surface area contributed by atoms with Crippen molar-refractivity contribution in [3.63, 3.8) is 0 Å². The van der Waals surface area contributed by atoms with Crippen molar-refractivity contribution < 1.29 is 13.2 Å². The molecule has 3 rings (SSSR count). The Morgan fingerprint density at radius 2 is 2.07 bits per heavy atom. The molecule has 1 aromatic carbocycles. The molecule has 1 aliphatic heterocycles. The summed E-state index contributed by atoms with van der Waals surface area (Å²) >= 11 is 1.24. The summed E-state index contributed by atoms with van der Waals surface area (Å²) in [5, 5.41) is 3.43. The highest BCUT2D eigenvalue weighted by Crippen LogP contribution is 2.24. The second kappa shape index (κ2) is 9.96. The summed E-state index contributed by atoms with van der Waals surface area (Å²) < 4.78 is 24.9. The quantitative estimate of drug-likeness (QED) is 0.358. The number of thioether (sulfide) groups is 1. The predicted octanol–water partition coefficient (Wildman–Crippen LogP) is 2.76. The number of fused-ring (bicyclic) bond motifs is 1. The molecule has 1 saturated heterocycles. The van der Waals surface area contributed by atoms with E-state index in [2.05, 4.69) is 17.2 Å². The fourth-order valence-corrected chi connectivity index (χ4v) is 6.19. The molecule has 1 amide bonds. The van der Waals surface area contributed by atoms with Crippen LogP contribution in [0.25, 0.3) is 10.9 Å². The third-order valence-electron chi connectivity index (χ3n) is 5.29. The molecule has 0 saturated carbocycles. The number of hydrogen-bond donors (Lipinski definition) is 1. The fourth-order valence-electron chi connectivity index (χ4n) is 3.57. The summed E-state index contributed by atoms with van der Waals surface area (Å²) in [4.78, 5) is 30.4. The molecule has 2 heterocycles. The minimum atomic E-state index is -3.06. The van der Waals surface area contributed by atoms with E-state index in [0.29, 0.717) is 29.0 Å². The highest BCUT2D eigenvalue weighted by atomic mass is 32.2. The lowest BCUT2D eigenvalue weighted by atomic mass is 10.2. The molecule has 2 atom stereocenters. The highest BCUT2D eigenvalue weighted by Gasteiger charge is 2.30. The summed E-state index contributed by atoms with van der Waals surface area (Å²) in [7, 11) is -3.06. The van der Waals surface area contributed by atoms with Gasteiger partial charge in [-0.25, -0.2) is 13.4 Å². The fraction of sp³-hybridized carbons (Fsp3) is 0.571. The largest absolute Gasteiger partial charge is 0.351 e. The van der Waals surface area contributed by atoms with Crippen LogP contribution in [0.15, 0.2) is 34.2 Å². The molecule has 0 radical (unpaired) electrons. The molecule has 2 unspecified atom stereocenters. The van der Waals surface area contributed by atoms with Gasteiger partial charge in [0.25, 0.3) is 5.56 Å². The van der Waals surface area contributed by atoms with Crippen molar-refractivity contribution in [1.82, 2.24) is 14.9 Å². The maximum Gasteiger partial charge on any atom is 0.262 e. The maximum absolute atomic E-state index is 13.1. The topological polar surface area (TPSA) is 98.1 Å². The molecule has 0 aliphatic carbocycles. The van der Waals surface area contributed by atoms with Gasteiger partial charge in [-0.2, -0.15) is 0 Å². The monoisotopic (exact) mass is 451 g/mol.